The van der Waals surface area contributed by atoms with Crippen LogP contribution in [0.25, 0.3) is 20.8 Å². The molecule has 5 aliphatic rings. The van der Waals surface area contributed by atoms with Crippen LogP contribution in [0.5, 0.6) is 0 Å². The normalized spacial score (nSPS) is 19.9. The fraction of sp³-hybridized carbons (Fsp3) is 0.556. The van der Waals surface area contributed by atoms with E-state index >= 15 is 0 Å². The van der Waals surface area contributed by atoms with E-state index in [1.165, 1.54) is 51.1 Å². The number of nitrogens with zero attached hydrogens (tertiary/aromatic N) is 4. The molecule has 6 nitrogen and oxygen atoms in total. The first-order chi connectivity index (χ1) is 16.8. The first-order valence-corrected chi connectivity index (χ1v) is 13.8. The number of hydrogen-bond donors (Lipinski definition) is 0. The minimum atomic E-state index is 0.796. The number of aromatic nitrogens is 1. The van der Waals surface area contributed by atoms with Gasteiger partial charge >= 0.3 is 0 Å². The van der Waals surface area contributed by atoms with Crippen LogP contribution in [-0.4, -0.2) is 70.7 Å². The maximum absolute atomic E-state index is 5.75. The Labute approximate surface area is 205 Å². The summed E-state index contributed by atoms with van der Waals surface area (Å²) in [5, 5.41) is 1.46. The zero-order chi connectivity index (χ0) is 22.9. The summed E-state index contributed by atoms with van der Waals surface area (Å²) in [6.07, 6.45) is 4.94. The molecule has 0 spiro atoms. The van der Waals surface area contributed by atoms with Gasteiger partial charge in [0.05, 0.1) is 47.2 Å². The lowest BCUT2D eigenvalue weighted by molar-refractivity contribution is 0.122. The van der Waals surface area contributed by atoms with Crippen LogP contribution in [0.15, 0.2) is 24.3 Å². The molecule has 0 radical (unpaired) electrons. The molecule has 3 saturated heterocycles. The van der Waals surface area contributed by atoms with Crippen molar-refractivity contribution >= 4 is 32.9 Å². The fourth-order valence-corrected chi connectivity index (χ4v) is 6.77. The Morgan fingerprint density at radius 1 is 0.912 bits per heavy atom. The minimum absolute atomic E-state index is 0.796. The molecule has 34 heavy (non-hydrogen) atoms. The molecule has 7 heteroatoms. The summed E-state index contributed by atoms with van der Waals surface area (Å²) in [4.78, 5) is 11.5. The van der Waals surface area contributed by atoms with Gasteiger partial charge in [0.25, 0.3) is 0 Å². The molecule has 1 aromatic rings. The Balaban J connectivity index is 1.59. The van der Waals surface area contributed by atoms with Crippen molar-refractivity contribution in [3.63, 3.8) is 0 Å². The Morgan fingerprint density at radius 3 is 2.32 bits per heavy atom. The van der Waals surface area contributed by atoms with E-state index < -0.39 is 0 Å². The summed E-state index contributed by atoms with van der Waals surface area (Å²) in [5.41, 5.74) is 6.34. The van der Waals surface area contributed by atoms with E-state index in [4.69, 9.17) is 14.5 Å². The van der Waals surface area contributed by atoms with Crippen LogP contribution in [0, 0.1) is 0 Å². The van der Waals surface area contributed by atoms with Crippen LogP contribution in [0.1, 0.15) is 31.7 Å². The van der Waals surface area contributed by atoms with Crippen molar-refractivity contribution in [2.75, 3.05) is 75.5 Å². The molecule has 0 unspecified atom stereocenters. The van der Waals surface area contributed by atoms with Crippen LogP contribution in [0.2, 0.25) is 0 Å². The van der Waals surface area contributed by atoms with E-state index in [0.29, 0.717) is 0 Å². The Kier molecular flexibility index (Phi) is 6.41. The first kappa shape index (κ1) is 22.3. The van der Waals surface area contributed by atoms with Gasteiger partial charge in [0, 0.05) is 50.3 Å². The summed E-state index contributed by atoms with van der Waals surface area (Å²) >= 11 is 1.92. The van der Waals surface area contributed by atoms with Crippen molar-refractivity contribution in [1.82, 2.24) is 9.56 Å². The number of benzene rings is 2. The van der Waals surface area contributed by atoms with Gasteiger partial charge in [-0.05, 0) is 37.1 Å². The van der Waals surface area contributed by atoms with Crippen molar-refractivity contribution in [3.05, 3.63) is 35.2 Å². The summed E-state index contributed by atoms with van der Waals surface area (Å²) in [5.74, 6) is 0. The smallest absolute Gasteiger partial charge is 0.228 e. The maximum Gasteiger partial charge on any atom is 0.228 e. The molecular weight excluding hydrogens is 444 g/mol. The number of aryl methyl sites for hydroxylation is 1. The SMILES string of the molecule is CCc1cc2nc3ccc(N4CCOCC4)cc3sc-2c(N2CCOCC2)c1=[N+]1CCCCC1. The highest BCUT2D eigenvalue weighted by molar-refractivity contribution is 7.22. The Morgan fingerprint density at radius 2 is 1.62 bits per heavy atom. The van der Waals surface area contributed by atoms with Crippen LogP contribution < -0.4 is 19.7 Å². The number of rotatable bonds is 3. The Hall–Kier alpha value is -2.22. The fourth-order valence-electron chi connectivity index (χ4n) is 5.62. The second-order valence-corrected chi connectivity index (χ2v) is 10.6. The summed E-state index contributed by atoms with van der Waals surface area (Å²) in [7, 11) is 0. The van der Waals surface area contributed by atoms with Crippen LogP contribution in [0.4, 0.5) is 11.4 Å². The highest BCUT2D eigenvalue weighted by atomic mass is 32.1. The van der Waals surface area contributed by atoms with E-state index in [0.717, 1.165) is 83.3 Å². The molecule has 180 valence electrons. The average Bonchev–Trinajstić information content (AvgIpc) is 2.92. The molecule has 1 aromatic carbocycles. The zero-order valence-electron chi connectivity index (χ0n) is 20.2. The van der Waals surface area contributed by atoms with Gasteiger partial charge in [0.2, 0.25) is 5.36 Å². The molecule has 0 N–H and O–H groups in total. The molecule has 4 aliphatic heterocycles. The lowest BCUT2D eigenvalue weighted by Crippen LogP contribution is -2.45. The zero-order valence-corrected chi connectivity index (χ0v) is 21.0. The van der Waals surface area contributed by atoms with E-state index in [2.05, 4.69) is 45.6 Å². The minimum Gasteiger partial charge on any atom is -0.378 e. The van der Waals surface area contributed by atoms with Crippen LogP contribution in [0.3, 0.4) is 0 Å². The first-order valence-electron chi connectivity index (χ1n) is 13.0. The summed E-state index contributed by atoms with van der Waals surface area (Å²) < 4.78 is 15.2. The van der Waals surface area contributed by atoms with Crippen LogP contribution >= 0.6 is 11.3 Å². The molecule has 1 aliphatic carbocycles. The van der Waals surface area contributed by atoms with Crippen molar-refractivity contribution < 1.29 is 9.47 Å². The molecular formula is C27H35N4O2S+. The highest BCUT2D eigenvalue weighted by Crippen LogP contribution is 2.38. The molecule has 0 atom stereocenters. The van der Waals surface area contributed by atoms with E-state index in [1.807, 2.05) is 11.3 Å². The van der Waals surface area contributed by atoms with E-state index in [9.17, 15) is 0 Å². The van der Waals surface area contributed by atoms with Gasteiger partial charge < -0.3 is 19.3 Å². The summed E-state index contributed by atoms with van der Waals surface area (Å²) in [6, 6.07) is 9.14. The van der Waals surface area contributed by atoms with Gasteiger partial charge in [-0.15, -0.1) is 11.3 Å². The number of fused-ring (bicyclic) bond motifs is 2. The third-order valence-corrected chi connectivity index (χ3v) is 8.59. The number of hydrogen-bond acceptors (Lipinski definition) is 6. The van der Waals surface area contributed by atoms with Gasteiger partial charge in [-0.3, -0.25) is 0 Å². The molecule has 6 rings (SSSR count). The second-order valence-electron chi connectivity index (χ2n) is 9.55. The van der Waals surface area contributed by atoms with Crippen molar-refractivity contribution in [2.24, 2.45) is 0 Å². The van der Waals surface area contributed by atoms with Gasteiger partial charge in [0.1, 0.15) is 18.8 Å². The highest BCUT2D eigenvalue weighted by Gasteiger charge is 2.28. The molecule has 4 heterocycles. The molecule has 0 saturated carbocycles. The van der Waals surface area contributed by atoms with E-state index in [1.54, 1.807) is 0 Å². The van der Waals surface area contributed by atoms with Gasteiger partial charge in [-0.2, -0.15) is 0 Å². The van der Waals surface area contributed by atoms with Gasteiger partial charge in [0.15, 0.2) is 0 Å². The predicted octanol–water partition coefficient (Wildman–Crippen LogP) is 3.59. The third-order valence-electron chi connectivity index (χ3n) is 7.44. The molecule has 0 aromatic heterocycles. The standard InChI is InChI=1S/C27H35N4O2S/c1-2-20-18-23-27(26(31-12-16-33-17-13-31)25(20)30-8-4-3-5-9-30)34-24-19-21(6-7-22(24)28-23)29-10-14-32-15-11-29/h6-7,18-19H,2-5,8-17H2,1H3/q+1. The maximum atomic E-state index is 5.75. The van der Waals surface area contributed by atoms with Gasteiger partial charge in [-0.1, -0.05) is 6.92 Å². The lowest BCUT2D eigenvalue weighted by Gasteiger charge is -2.31. The number of piperidine rings is 1. The van der Waals surface area contributed by atoms with Gasteiger partial charge in [-0.25, -0.2) is 9.56 Å². The van der Waals surface area contributed by atoms with E-state index in [-0.39, 0.29) is 0 Å². The number of morpholine rings is 2. The third kappa shape index (κ3) is 4.18. The van der Waals surface area contributed by atoms with Crippen molar-refractivity contribution in [1.29, 1.82) is 0 Å². The summed E-state index contributed by atoms with van der Waals surface area (Å²) in [6.45, 7) is 11.6. The van der Waals surface area contributed by atoms with Crippen LogP contribution in [-0.2, 0) is 15.9 Å². The van der Waals surface area contributed by atoms with Crippen molar-refractivity contribution in [2.45, 2.75) is 32.6 Å². The second kappa shape index (κ2) is 9.80. The van der Waals surface area contributed by atoms with Crippen molar-refractivity contribution in [3.8, 4) is 10.6 Å². The predicted molar refractivity (Wildman–Crippen MR) is 141 cm³/mol. The molecule has 3 fully saturated rings. The lowest BCUT2D eigenvalue weighted by atomic mass is 10.0. The number of ether oxygens (including phenoxy) is 2. The average molecular weight is 480 g/mol. The Bertz CT molecular complexity index is 1200. The largest absolute Gasteiger partial charge is 0.378 e. The number of anilines is 2. The molecule has 0 amide bonds. The quantitative estimate of drug-likeness (QED) is 0.424. The monoisotopic (exact) mass is 479 g/mol. The molecule has 0 bridgehead atoms. The topological polar surface area (TPSA) is 40.8 Å².